The second-order valence-corrected chi connectivity index (χ2v) is 7.72. The molecule has 5 rings (SSSR count). The third-order valence-corrected chi connectivity index (χ3v) is 5.49. The minimum absolute atomic E-state index is 1.11. The maximum Gasteiger partial charge on any atom is 0.0463 e. The van der Waals surface area contributed by atoms with Crippen molar-refractivity contribution in [3.05, 3.63) is 132 Å². The van der Waals surface area contributed by atoms with E-state index in [0.717, 1.165) is 15.8 Å². The number of para-hydroxylation sites is 1. The Morgan fingerprint density at radius 1 is 0.500 bits per heavy atom. The number of fused-ring (bicyclic) bond motifs is 1. The van der Waals surface area contributed by atoms with E-state index in [9.17, 15) is 0 Å². The molecule has 0 saturated heterocycles. The summed E-state index contributed by atoms with van der Waals surface area (Å²) in [5, 5.41) is 5.95. The monoisotopic (exact) mass is 451 g/mol. The fraction of sp³-hybridized carbons (Fsp3) is 0. The van der Waals surface area contributed by atoms with Crippen LogP contribution >= 0.6 is 15.9 Å². The molecule has 146 valence electrons. The molecular weight excluding hydrogens is 430 g/mol. The lowest BCUT2D eigenvalue weighted by Crippen LogP contribution is -1.90. The van der Waals surface area contributed by atoms with Crippen LogP contribution in [-0.4, -0.2) is 0 Å². The second-order valence-electron chi connectivity index (χ2n) is 6.86. The molecule has 0 aliphatic carbocycles. The number of hydrogen-bond acceptors (Lipinski definition) is 1. The molecule has 0 atom stereocenters. The lowest BCUT2D eigenvalue weighted by Gasteiger charge is -2.09. The second kappa shape index (κ2) is 9.91. The largest absolute Gasteiger partial charge is 0.355 e. The predicted molar refractivity (Wildman–Crippen MR) is 133 cm³/mol. The van der Waals surface area contributed by atoms with E-state index in [0.29, 0.717) is 0 Å². The van der Waals surface area contributed by atoms with Gasteiger partial charge in [-0.05, 0) is 40.8 Å². The third-order valence-electron chi connectivity index (χ3n) is 4.80. The number of benzene rings is 5. The molecule has 5 aromatic rings. The molecule has 0 amide bonds. The maximum atomic E-state index is 3.53. The lowest BCUT2D eigenvalue weighted by molar-refractivity contribution is 1.58. The summed E-state index contributed by atoms with van der Waals surface area (Å²) in [6.07, 6.45) is 0. The molecular formula is C28H22BrN. The minimum Gasteiger partial charge on any atom is -0.355 e. The van der Waals surface area contributed by atoms with Gasteiger partial charge in [0.05, 0.1) is 0 Å². The van der Waals surface area contributed by atoms with Crippen molar-refractivity contribution in [1.29, 1.82) is 0 Å². The van der Waals surface area contributed by atoms with Crippen LogP contribution in [0.4, 0.5) is 11.4 Å². The van der Waals surface area contributed by atoms with Gasteiger partial charge in [0.15, 0.2) is 0 Å². The average Bonchev–Trinajstić information content (AvgIpc) is 2.81. The van der Waals surface area contributed by atoms with Crippen LogP contribution in [0.1, 0.15) is 0 Å². The molecule has 0 unspecified atom stereocenters. The molecule has 0 radical (unpaired) electrons. The molecule has 1 nitrogen and oxygen atoms in total. The van der Waals surface area contributed by atoms with Gasteiger partial charge in [0.2, 0.25) is 0 Å². The summed E-state index contributed by atoms with van der Waals surface area (Å²) >= 11 is 3.53. The van der Waals surface area contributed by atoms with Gasteiger partial charge in [-0.25, -0.2) is 0 Å². The van der Waals surface area contributed by atoms with Gasteiger partial charge in [-0.2, -0.15) is 0 Å². The first-order chi connectivity index (χ1) is 14.8. The zero-order chi connectivity index (χ0) is 20.6. The maximum absolute atomic E-state index is 3.53. The molecule has 0 bridgehead atoms. The van der Waals surface area contributed by atoms with Crippen LogP contribution in [0.25, 0.3) is 21.9 Å². The molecule has 0 aliphatic heterocycles. The van der Waals surface area contributed by atoms with Crippen molar-refractivity contribution in [2.45, 2.75) is 0 Å². The van der Waals surface area contributed by atoms with Gasteiger partial charge >= 0.3 is 0 Å². The smallest absolute Gasteiger partial charge is 0.0463 e. The molecule has 2 heteroatoms. The van der Waals surface area contributed by atoms with Crippen LogP contribution in [0.3, 0.4) is 0 Å². The first-order valence-electron chi connectivity index (χ1n) is 9.91. The van der Waals surface area contributed by atoms with Crippen molar-refractivity contribution in [2.75, 3.05) is 5.32 Å². The summed E-state index contributed by atoms with van der Waals surface area (Å²) in [7, 11) is 0. The predicted octanol–water partition coefficient (Wildman–Crippen LogP) is 8.70. The zero-order valence-electron chi connectivity index (χ0n) is 16.5. The van der Waals surface area contributed by atoms with Crippen LogP contribution in [-0.2, 0) is 0 Å². The molecule has 0 heterocycles. The molecule has 0 spiro atoms. The molecule has 0 saturated carbocycles. The number of anilines is 2. The van der Waals surface area contributed by atoms with Gasteiger partial charge < -0.3 is 5.32 Å². The summed E-state index contributed by atoms with van der Waals surface area (Å²) < 4.78 is 1.14. The Bertz CT molecular complexity index is 1210. The van der Waals surface area contributed by atoms with Gasteiger partial charge in [0, 0.05) is 21.2 Å². The SMILES string of the molecule is Brc1ccccc1-c1ccccc1.c1ccc(Nc2cccc3ccccc23)cc1. The van der Waals surface area contributed by atoms with E-state index in [1.165, 1.54) is 21.9 Å². The number of nitrogens with one attached hydrogen (secondary N) is 1. The lowest BCUT2D eigenvalue weighted by atomic mass is 10.1. The van der Waals surface area contributed by atoms with Gasteiger partial charge in [0.1, 0.15) is 0 Å². The van der Waals surface area contributed by atoms with E-state index in [4.69, 9.17) is 0 Å². The first kappa shape index (κ1) is 19.9. The van der Waals surface area contributed by atoms with Crippen LogP contribution in [0.15, 0.2) is 132 Å². The van der Waals surface area contributed by atoms with Crippen molar-refractivity contribution >= 4 is 38.1 Å². The molecule has 0 aromatic heterocycles. The summed E-state index contributed by atoms with van der Waals surface area (Å²) in [5.74, 6) is 0. The van der Waals surface area contributed by atoms with Crippen molar-refractivity contribution in [3.63, 3.8) is 0 Å². The van der Waals surface area contributed by atoms with Crippen molar-refractivity contribution < 1.29 is 0 Å². The van der Waals surface area contributed by atoms with Gasteiger partial charge in [-0.1, -0.05) is 119 Å². The Morgan fingerprint density at radius 3 is 1.87 bits per heavy atom. The van der Waals surface area contributed by atoms with E-state index < -0.39 is 0 Å². The highest BCUT2D eigenvalue weighted by molar-refractivity contribution is 9.10. The molecule has 30 heavy (non-hydrogen) atoms. The van der Waals surface area contributed by atoms with Crippen molar-refractivity contribution in [1.82, 2.24) is 0 Å². The van der Waals surface area contributed by atoms with Crippen LogP contribution in [0, 0.1) is 0 Å². The molecule has 5 aromatic carbocycles. The quantitative estimate of drug-likeness (QED) is 0.289. The summed E-state index contributed by atoms with van der Waals surface area (Å²) in [6.45, 7) is 0. The van der Waals surface area contributed by atoms with Crippen LogP contribution < -0.4 is 5.32 Å². The van der Waals surface area contributed by atoms with Gasteiger partial charge in [0.25, 0.3) is 0 Å². The highest BCUT2D eigenvalue weighted by Crippen LogP contribution is 2.27. The highest BCUT2D eigenvalue weighted by Gasteiger charge is 2.00. The van der Waals surface area contributed by atoms with Gasteiger partial charge in [-0.15, -0.1) is 0 Å². The standard InChI is InChI=1S/C16H13N.C12H9Br/c1-2-9-14(10-3-1)17-16-12-6-8-13-7-4-5-11-15(13)16;13-12-9-5-4-8-11(12)10-6-2-1-3-7-10/h1-12,17H;1-9H. The fourth-order valence-corrected chi connectivity index (χ4v) is 3.84. The summed E-state index contributed by atoms with van der Waals surface area (Å²) in [5.41, 5.74) is 4.75. The van der Waals surface area contributed by atoms with E-state index in [1.54, 1.807) is 0 Å². The van der Waals surface area contributed by atoms with E-state index in [2.05, 4.69) is 112 Å². The topological polar surface area (TPSA) is 12.0 Å². The Morgan fingerprint density at radius 2 is 1.10 bits per heavy atom. The first-order valence-corrected chi connectivity index (χ1v) is 10.7. The van der Waals surface area contributed by atoms with E-state index in [1.807, 2.05) is 36.4 Å². The Kier molecular flexibility index (Phi) is 6.58. The Hall–Kier alpha value is -3.36. The van der Waals surface area contributed by atoms with Crippen molar-refractivity contribution in [2.24, 2.45) is 0 Å². The number of hydrogen-bond donors (Lipinski definition) is 1. The molecule has 0 fully saturated rings. The molecule has 0 aliphatic rings. The minimum atomic E-state index is 1.11. The Labute approximate surface area is 186 Å². The Balaban J connectivity index is 0.000000151. The van der Waals surface area contributed by atoms with Crippen LogP contribution in [0.5, 0.6) is 0 Å². The number of halogens is 1. The van der Waals surface area contributed by atoms with Gasteiger partial charge in [-0.3, -0.25) is 0 Å². The average molecular weight is 452 g/mol. The highest BCUT2D eigenvalue weighted by atomic mass is 79.9. The number of rotatable bonds is 3. The molecule has 1 N–H and O–H groups in total. The fourth-order valence-electron chi connectivity index (χ4n) is 3.32. The van der Waals surface area contributed by atoms with E-state index >= 15 is 0 Å². The third kappa shape index (κ3) is 4.97. The van der Waals surface area contributed by atoms with E-state index in [-0.39, 0.29) is 0 Å². The normalized spacial score (nSPS) is 10.2. The van der Waals surface area contributed by atoms with Crippen LogP contribution in [0.2, 0.25) is 0 Å². The summed E-state index contributed by atoms with van der Waals surface area (Å²) in [6, 6.07) is 43.5. The zero-order valence-corrected chi connectivity index (χ0v) is 18.1. The van der Waals surface area contributed by atoms with Crippen molar-refractivity contribution in [3.8, 4) is 11.1 Å². The summed E-state index contributed by atoms with van der Waals surface area (Å²) in [4.78, 5) is 0.